The van der Waals surface area contributed by atoms with Gasteiger partial charge in [-0.25, -0.2) is 4.39 Å². The molecule has 0 amide bonds. The van der Waals surface area contributed by atoms with Gasteiger partial charge < -0.3 is 0 Å². The van der Waals surface area contributed by atoms with Crippen LogP contribution in [0.15, 0.2) is 53.0 Å². The molecule has 0 heterocycles. The van der Waals surface area contributed by atoms with Gasteiger partial charge >= 0.3 is 0 Å². The number of carbonyl (C=O) groups is 2. The Morgan fingerprint density at radius 3 is 1.94 bits per heavy atom. The lowest BCUT2D eigenvalue weighted by atomic mass is 10.2. The van der Waals surface area contributed by atoms with Crippen LogP contribution in [0.1, 0.15) is 20.7 Å². The normalized spacial score (nSPS) is 9.00. The minimum atomic E-state index is -0.319. The van der Waals surface area contributed by atoms with Gasteiger partial charge in [0.15, 0.2) is 0 Å². The second-order valence-corrected chi connectivity index (χ2v) is 4.26. The topological polar surface area (TPSA) is 34.1 Å². The Hall–Kier alpha value is -1.81. The summed E-state index contributed by atoms with van der Waals surface area (Å²) in [6.07, 6.45) is 1.50. The summed E-state index contributed by atoms with van der Waals surface area (Å²) in [5.41, 5.74) is 1.20. The highest BCUT2D eigenvalue weighted by molar-refractivity contribution is 9.10. The average Bonchev–Trinajstić information content (AvgIpc) is 2.40. The average molecular weight is 309 g/mol. The van der Waals surface area contributed by atoms with E-state index in [1.54, 1.807) is 12.1 Å². The van der Waals surface area contributed by atoms with Gasteiger partial charge in [0.05, 0.1) is 0 Å². The second-order valence-electron chi connectivity index (χ2n) is 3.34. The van der Waals surface area contributed by atoms with Crippen molar-refractivity contribution < 1.29 is 14.0 Å². The lowest BCUT2D eigenvalue weighted by Gasteiger charge is -1.88. The van der Waals surface area contributed by atoms with E-state index in [-0.39, 0.29) is 5.82 Å². The van der Waals surface area contributed by atoms with Gasteiger partial charge in [-0.3, -0.25) is 9.59 Å². The van der Waals surface area contributed by atoms with Crippen molar-refractivity contribution in [2.45, 2.75) is 0 Å². The van der Waals surface area contributed by atoms with Crippen LogP contribution in [-0.2, 0) is 0 Å². The summed E-state index contributed by atoms with van der Waals surface area (Å²) in [6, 6.07) is 12.6. The van der Waals surface area contributed by atoms with Crippen molar-refractivity contribution in [2.75, 3.05) is 0 Å². The van der Waals surface area contributed by atoms with Crippen molar-refractivity contribution in [1.29, 1.82) is 0 Å². The number of halogens is 2. The first kappa shape index (κ1) is 14.3. The molecule has 0 unspecified atom stereocenters. The molecule has 2 rings (SSSR count). The van der Waals surface area contributed by atoms with Crippen molar-refractivity contribution >= 4 is 28.5 Å². The van der Waals surface area contributed by atoms with Crippen LogP contribution in [-0.4, -0.2) is 12.6 Å². The summed E-state index contributed by atoms with van der Waals surface area (Å²) in [4.78, 5) is 20.1. The predicted octanol–water partition coefficient (Wildman–Crippen LogP) is 3.90. The van der Waals surface area contributed by atoms with Crippen LogP contribution in [0.2, 0.25) is 0 Å². The van der Waals surface area contributed by atoms with Crippen LogP contribution in [0.25, 0.3) is 0 Å². The lowest BCUT2D eigenvalue weighted by molar-refractivity contribution is 0.111. The Bertz CT molecular complexity index is 524. The predicted molar refractivity (Wildman–Crippen MR) is 71.3 cm³/mol. The molecule has 0 aliphatic carbocycles. The van der Waals surface area contributed by atoms with E-state index < -0.39 is 0 Å². The second kappa shape index (κ2) is 7.50. The Kier molecular flexibility index (Phi) is 5.94. The molecule has 4 heteroatoms. The van der Waals surface area contributed by atoms with Crippen molar-refractivity contribution in [3.05, 3.63) is 69.9 Å². The summed E-state index contributed by atoms with van der Waals surface area (Å²) in [7, 11) is 0. The molecule has 92 valence electrons. The number of carbonyl (C=O) groups excluding carboxylic acids is 2. The Morgan fingerprint density at radius 1 is 0.889 bits per heavy atom. The molecule has 0 aliphatic heterocycles. The molecule has 0 saturated heterocycles. The maximum Gasteiger partial charge on any atom is 0.150 e. The Morgan fingerprint density at radius 2 is 1.50 bits per heavy atom. The fourth-order valence-corrected chi connectivity index (χ4v) is 1.54. The van der Waals surface area contributed by atoms with E-state index in [1.165, 1.54) is 24.3 Å². The van der Waals surface area contributed by atoms with E-state index >= 15 is 0 Å². The van der Waals surface area contributed by atoms with Crippen LogP contribution in [0.4, 0.5) is 4.39 Å². The number of hydrogen-bond acceptors (Lipinski definition) is 2. The molecule has 0 saturated carbocycles. The third kappa shape index (κ3) is 5.01. The van der Waals surface area contributed by atoms with Crippen molar-refractivity contribution in [3.8, 4) is 0 Å². The largest absolute Gasteiger partial charge is 0.298 e. The van der Waals surface area contributed by atoms with Crippen LogP contribution >= 0.6 is 15.9 Å². The molecular formula is C14H10BrFO2. The van der Waals surface area contributed by atoms with Crippen LogP contribution in [0.5, 0.6) is 0 Å². The molecule has 0 spiro atoms. The fourth-order valence-electron chi connectivity index (χ4n) is 1.12. The van der Waals surface area contributed by atoms with Gasteiger partial charge in [-0.2, -0.15) is 0 Å². The third-order valence-corrected chi connectivity index (χ3v) is 2.48. The van der Waals surface area contributed by atoms with E-state index in [2.05, 4.69) is 15.9 Å². The molecule has 0 aliphatic rings. The maximum atomic E-state index is 12.1. The van der Waals surface area contributed by atoms with E-state index in [0.29, 0.717) is 17.4 Å². The first-order chi connectivity index (χ1) is 8.65. The monoisotopic (exact) mass is 308 g/mol. The van der Waals surface area contributed by atoms with Crippen molar-refractivity contribution in [1.82, 2.24) is 0 Å². The summed E-state index contributed by atoms with van der Waals surface area (Å²) in [6.45, 7) is 0. The van der Waals surface area contributed by atoms with Crippen LogP contribution < -0.4 is 0 Å². The fraction of sp³-hybridized carbons (Fsp3) is 0. The minimum absolute atomic E-state index is 0.319. The smallest absolute Gasteiger partial charge is 0.150 e. The Balaban J connectivity index is 0.000000180. The van der Waals surface area contributed by atoms with Crippen molar-refractivity contribution in [2.24, 2.45) is 0 Å². The molecular weight excluding hydrogens is 299 g/mol. The number of hydrogen-bond donors (Lipinski definition) is 0. The highest BCUT2D eigenvalue weighted by Crippen LogP contribution is 2.09. The number of benzene rings is 2. The van der Waals surface area contributed by atoms with Gasteiger partial charge in [0.2, 0.25) is 0 Å². The summed E-state index contributed by atoms with van der Waals surface area (Å²) in [5.74, 6) is -0.319. The highest BCUT2D eigenvalue weighted by atomic mass is 79.9. The maximum absolute atomic E-state index is 12.1. The summed E-state index contributed by atoms with van der Waals surface area (Å²) >= 11 is 3.24. The Labute approximate surface area is 113 Å². The number of rotatable bonds is 2. The quantitative estimate of drug-likeness (QED) is 0.789. The van der Waals surface area contributed by atoms with E-state index in [0.717, 1.165) is 10.8 Å². The summed E-state index contributed by atoms with van der Waals surface area (Å²) in [5, 5.41) is 0. The van der Waals surface area contributed by atoms with Gasteiger partial charge in [-0.05, 0) is 36.4 Å². The zero-order valence-corrected chi connectivity index (χ0v) is 10.9. The molecule has 0 N–H and O–H groups in total. The van der Waals surface area contributed by atoms with E-state index in [4.69, 9.17) is 0 Å². The molecule has 2 aromatic carbocycles. The van der Waals surface area contributed by atoms with Gasteiger partial charge in [-0.1, -0.05) is 28.1 Å². The van der Waals surface area contributed by atoms with E-state index in [1.807, 2.05) is 12.1 Å². The highest BCUT2D eigenvalue weighted by Gasteiger charge is 1.88. The van der Waals surface area contributed by atoms with Crippen LogP contribution in [0, 0.1) is 5.82 Å². The molecule has 2 nitrogen and oxygen atoms in total. The minimum Gasteiger partial charge on any atom is -0.298 e. The van der Waals surface area contributed by atoms with Crippen molar-refractivity contribution in [3.63, 3.8) is 0 Å². The number of aldehydes is 2. The van der Waals surface area contributed by atoms with E-state index in [9.17, 15) is 14.0 Å². The zero-order valence-electron chi connectivity index (χ0n) is 9.35. The molecule has 0 radical (unpaired) electrons. The molecule has 0 bridgehead atoms. The summed E-state index contributed by atoms with van der Waals surface area (Å²) < 4.78 is 13.0. The van der Waals surface area contributed by atoms with Crippen LogP contribution in [0.3, 0.4) is 0 Å². The standard InChI is InChI=1S/C7H5BrO.C7H5FO/c8-7-3-1-2-6(4-7)5-9;8-7-3-1-6(5-9)2-4-7/h2*1-5H. The van der Waals surface area contributed by atoms with Gasteiger partial charge in [0.1, 0.15) is 18.4 Å². The van der Waals surface area contributed by atoms with Gasteiger partial charge in [0, 0.05) is 15.6 Å². The molecule has 0 atom stereocenters. The molecule has 0 fully saturated rings. The third-order valence-electron chi connectivity index (χ3n) is 1.99. The molecule has 18 heavy (non-hydrogen) atoms. The van der Waals surface area contributed by atoms with Gasteiger partial charge in [0.25, 0.3) is 0 Å². The SMILES string of the molecule is O=Cc1ccc(F)cc1.O=Cc1cccc(Br)c1. The zero-order chi connectivity index (χ0) is 13.4. The van der Waals surface area contributed by atoms with Gasteiger partial charge in [-0.15, -0.1) is 0 Å². The molecule has 0 aromatic heterocycles. The molecule has 2 aromatic rings. The lowest BCUT2D eigenvalue weighted by Crippen LogP contribution is -1.77. The first-order valence-corrected chi connectivity index (χ1v) is 5.86. The first-order valence-electron chi connectivity index (χ1n) is 5.07.